The zero-order valence-electron chi connectivity index (χ0n) is 10.7. The van der Waals surface area contributed by atoms with Gasteiger partial charge in [-0.15, -0.1) is 0 Å². The number of methoxy groups -OCH3 is 1. The molecule has 0 N–H and O–H groups in total. The van der Waals surface area contributed by atoms with Gasteiger partial charge in [-0.2, -0.15) is 0 Å². The van der Waals surface area contributed by atoms with E-state index in [2.05, 4.69) is 45.8 Å². The summed E-state index contributed by atoms with van der Waals surface area (Å²) < 4.78 is 6.15. The van der Waals surface area contributed by atoms with Crippen molar-refractivity contribution >= 4 is 15.9 Å². The van der Waals surface area contributed by atoms with E-state index in [4.69, 9.17) is 4.74 Å². The van der Waals surface area contributed by atoms with Gasteiger partial charge in [-0.1, -0.05) is 6.92 Å². The zero-order chi connectivity index (χ0) is 13.1. The van der Waals surface area contributed by atoms with Gasteiger partial charge >= 0.3 is 0 Å². The molecule has 2 aromatic heterocycles. The quantitative estimate of drug-likeness (QED) is 0.865. The molecule has 2 rings (SSSR count). The molecule has 0 aliphatic rings. The molecule has 0 aliphatic heterocycles. The first-order valence-corrected chi connectivity index (χ1v) is 6.61. The highest BCUT2D eigenvalue weighted by molar-refractivity contribution is 9.10. The minimum atomic E-state index is 0.644. The number of pyridine rings is 2. The lowest BCUT2D eigenvalue weighted by molar-refractivity contribution is 0.396. The van der Waals surface area contributed by atoms with Crippen LogP contribution in [0.15, 0.2) is 28.9 Å². The maximum absolute atomic E-state index is 5.16. The highest BCUT2D eigenvalue weighted by atomic mass is 79.9. The molecule has 0 bridgehead atoms. The molecule has 0 saturated heterocycles. The number of aromatic nitrogens is 2. The van der Waals surface area contributed by atoms with Crippen molar-refractivity contribution in [1.82, 2.24) is 9.97 Å². The van der Waals surface area contributed by atoms with Crippen LogP contribution in [0.3, 0.4) is 0 Å². The molecule has 94 valence electrons. The van der Waals surface area contributed by atoms with Crippen LogP contribution in [-0.2, 0) is 6.42 Å². The molecule has 0 radical (unpaired) electrons. The third kappa shape index (κ3) is 2.53. The largest absolute Gasteiger partial charge is 0.481 e. The highest BCUT2D eigenvalue weighted by Crippen LogP contribution is 2.27. The van der Waals surface area contributed by atoms with Crippen LogP contribution >= 0.6 is 15.9 Å². The van der Waals surface area contributed by atoms with Crippen molar-refractivity contribution in [2.45, 2.75) is 20.3 Å². The van der Waals surface area contributed by atoms with Crippen molar-refractivity contribution in [3.63, 3.8) is 0 Å². The van der Waals surface area contributed by atoms with Gasteiger partial charge in [0.15, 0.2) is 0 Å². The number of nitrogens with zero attached hydrogens (tertiary/aromatic N) is 2. The Balaban J connectivity index is 2.56. The third-order valence-corrected chi connectivity index (χ3v) is 3.23. The standard InChI is InChI=1S/C14H15BrN2O/c1-4-12-11(5-6-13(17-12)18-3)14-9(2)7-10(15)8-16-14/h5-8H,4H2,1-3H3. The predicted octanol–water partition coefficient (Wildman–Crippen LogP) is 3.79. The van der Waals surface area contributed by atoms with Crippen LogP contribution in [0.1, 0.15) is 18.2 Å². The number of rotatable bonds is 3. The Kier molecular flexibility index (Phi) is 3.97. The van der Waals surface area contributed by atoms with E-state index in [1.165, 1.54) is 0 Å². The SMILES string of the molecule is CCc1nc(OC)ccc1-c1ncc(Br)cc1C. The fourth-order valence-electron chi connectivity index (χ4n) is 1.90. The van der Waals surface area contributed by atoms with E-state index in [1.807, 2.05) is 18.3 Å². The Hall–Kier alpha value is -1.42. The van der Waals surface area contributed by atoms with Gasteiger partial charge in [-0.05, 0) is 47.0 Å². The summed E-state index contributed by atoms with van der Waals surface area (Å²) in [6.45, 7) is 4.14. The van der Waals surface area contributed by atoms with Crippen LogP contribution < -0.4 is 4.74 Å². The predicted molar refractivity (Wildman–Crippen MR) is 75.8 cm³/mol. The van der Waals surface area contributed by atoms with Gasteiger partial charge < -0.3 is 4.74 Å². The molecular weight excluding hydrogens is 292 g/mol. The number of hydrogen-bond donors (Lipinski definition) is 0. The molecule has 0 atom stereocenters. The molecule has 0 aliphatic carbocycles. The molecule has 4 heteroatoms. The van der Waals surface area contributed by atoms with Gasteiger partial charge in [0.25, 0.3) is 0 Å². The number of halogens is 1. The maximum Gasteiger partial charge on any atom is 0.213 e. The van der Waals surface area contributed by atoms with Crippen LogP contribution in [-0.4, -0.2) is 17.1 Å². The van der Waals surface area contributed by atoms with E-state index in [0.29, 0.717) is 5.88 Å². The lowest BCUT2D eigenvalue weighted by Gasteiger charge is -2.10. The normalized spacial score (nSPS) is 10.4. The van der Waals surface area contributed by atoms with E-state index in [-0.39, 0.29) is 0 Å². The summed E-state index contributed by atoms with van der Waals surface area (Å²) in [4.78, 5) is 8.96. The molecule has 0 amide bonds. The van der Waals surface area contributed by atoms with Gasteiger partial charge in [-0.25, -0.2) is 4.98 Å². The number of ether oxygens (including phenoxy) is 1. The monoisotopic (exact) mass is 306 g/mol. The Morgan fingerprint density at radius 3 is 2.72 bits per heavy atom. The summed E-state index contributed by atoms with van der Waals surface area (Å²) in [5.41, 5.74) is 4.19. The summed E-state index contributed by atoms with van der Waals surface area (Å²) in [7, 11) is 1.63. The molecule has 2 heterocycles. The van der Waals surface area contributed by atoms with Crippen LogP contribution in [0, 0.1) is 6.92 Å². The summed E-state index contributed by atoms with van der Waals surface area (Å²) in [5, 5.41) is 0. The summed E-state index contributed by atoms with van der Waals surface area (Å²) in [6.07, 6.45) is 2.66. The number of aryl methyl sites for hydroxylation is 2. The fraction of sp³-hybridized carbons (Fsp3) is 0.286. The molecule has 0 unspecified atom stereocenters. The third-order valence-electron chi connectivity index (χ3n) is 2.79. The lowest BCUT2D eigenvalue weighted by atomic mass is 10.0. The second kappa shape index (κ2) is 5.48. The van der Waals surface area contributed by atoms with E-state index < -0.39 is 0 Å². The summed E-state index contributed by atoms with van der Waals surface area (Å²) >= 11 is 3.43. The Morgan fingerprint density at radius 2 is 2.11 bits per heavy atom. The molecule has 0 spiro atoms. The summed E-state index contributed by atoms with van der Waals surface area (Å²) in [6, 6.07) is 5.96. The Labute approximate surface area is 115 Å². The van der Waals surface area contributed by atoms with Crippen molar-refractivity contribution in [2.75, 3.05) is 7.11 Å². The molecule has 0 saturated carbocycles. The zero-order valence-corrected chi connectivity index (χ0v) is 12.3. The molecule has 3 nitrogen and oxygen atoms in total. The fourth-order valence-corrected chi connectivity index (χ4v) is 2.35. The van der Waals surface area contributed by atoms with Crippen LogP contribution in [0.25, 0.3) is 11.3 Å². The lowest BCUT2D eigenvalue weighted by Crippen LogP contribution is -1.98. The smallest absolute Gasteiger partial charge is 0.213 e. The first-order valence-electron chi connectivity index (χ1n) is 5.82. The van der Waals surface area contributed by atoms with Gasteiger partial charge in [0.1, 0.15) is 0 Å². The average Bonchev–Trinajstić information content (AvgIpc) is 2.38. The Morgan fingerprint density at radius 1 is 1.33 bits per heavy atom. The van der Waals surface area contributed by atoms with Crippen LogP contribution in [0.4, 0.5) is 0 Å². The second-order valence-corrected chi connectivity index (χ2v) is 4.94. The first-order chi connectivity index (χ1) is 8.65. The molecule has 0 fully saturated rings. The Bertz CT molecular complexity index is 570. The minimum absolute atomic E-state index is 0.644. The number of hydrogen-bond acceptors (Lipinski definition) is 3. The molecule has 18 heavy (non-hydrogen) atoms. The highest BCUT2D eigenvalue weighted by Gasteiger charge is 2.10. The van der Waals surface area contributed by atoms with Crippen LogP contribution in [0.2, 0.25) is 0 Å². The van der Waals surface area contributed by atoms with Crippen molar-refractivity contribution in [3.05, 3.63) is 40.1 Å². The van der Waals surface area contributed by atoms with Crippen molar-refractivity contribution in [2.24, 2.45) is 0 Å². The summed E-state index contributed by atoms with van der Waals surface area (Å²) in [5.74, 6) is 0.644. The first kappa shape index (κ1) is 13.0. The van der Waals surface area contributed by atoms with Gasteiger partial charge in [0, 0.05) is 22.3 Å². The molecular formula is C14H15BrN2O. The van der Waals surface area contributed by atoms with Gasteiger partial charge in [-0.3, -0.25) is 4.98 Å². The maximum atomic E-state index is 5.16. The van der Waals surface area contributed by atoms with Gasteiger partial charge in [0.05, 0.1) is 18.5 Å². The molecule has 0 aromatic carbocycles. The van der Waals surface area contributed by atoms with E-state index in [0.717, 1.165) is 33.4 Å². The second-order valence-electron chi connectivity index (χ2n) is 4.02. The van der Waals surface area contributed by atoms with Crippen molar-refractivity contribution in [3.8, 4) is 17.1 Å². The van der Waals surface area contributed by atoms with E-state index in [9.17, 15) is 0 Å². The van der Waals surface area contributed by atoms with Gasteiger partial charge in [0.2, 0.25) is 5.88 Å². The van der Waals surface area contributed by atoms with E-state index >= 15 is 0 Å². The van der Waals surface area contributed by atoms with Crippen molar-refractivity contribution < 1.29 is 4.74 Å². The van der Waals surface area contributed by atoms with Crippen LogP contribution in [0.5, 0.6) is 5.88 Å². The molecule has 2 aromatic rings. The van der Waals surface area contributed by atoms with Crippen molar-refractivity contribution in [1.29, 1.82) is 0 Å². The van der Waals surface area contributed by atoms with E-state index in [1.54, 1.807) is 7.11 Å². The topological polar surface area (TPSA) is 35.0 Å². The minimum Gasteiger partial charge on any atom is -0.481 e. The average molecular weight is 307 g/mol.